The Kier molecular flexibility index (Phi) is 4.69. The van der Waals surface area contributed by atoms with Crippen molar-refractivity contribution in [2.24, 2.45) is 17.3 Å². The van der Waals surface area contributed by atoms with Crippen LogP contribution in [-0.4, -0.2) is 59.7 Å². The molecule has 4 aliphatic rings. The van der Waals surface area contributed by atoms with E-state index in [-0.39, 0.29) is 29.3 Å². The molecule has 4 atom stereocenters. The molecule has 2 saturated heterocycles. The van der Waals surface area contributed by atoms with Crippen LogP contribution in [0.5, 0.6) is 0 Å². The fourth-order valence-corrected chi connectivity index (χ4v) is 5.70. The van der Waals surface area contributed by atoms with E-state index in [0.29, 0.717) is 0 Å². The molecular weight excluding hydrogens is 364 g/mol. The molecule has 0 aromatic carbocycles. The highest BCUT2D eigenvalue weighted by atomic mass is 16.6. The molecule has 0 bridgehead atoms. The summed E-state index contributed by atoms with van der Waals surface area (Å²) < 4.78 is 5.90. The lowest BCUT2D eigenvalue weighted by molar-refractivity contribution is -0.145. The Balaban J connectivity index is 1.28. The van der Waals surface area contributed by atoms with E-state index in [9.17, 15) is 4.79 Å². The number of nitrogens with zero attached hydrogens (tertiary/aromatic N) is 4. The fraction of sp³-hybridized carbons (Fsp3) is 0.609. The SMILES string of the molecule is CC1=CCC[C@@]2(C)C[C@H]3OC(=O)[C@@H](CN4CCN(c5ncccn5)CC4)[C@@H]3C=C12. The molecule has 0 radical (unpaired) electrons. The number of rotatable bonds is 3. The van der Waals surface area contributed by atoms with Crippen LogP contribution in [0.2, 0.25) is 0 Å². The number of carbonyl (C=O) groups is 1. The van der Waals surface area contributed by atoms with Crippen LogP contribution in [0.4, 0.5) is 5.95 Å². The molecule has 2 aliphatic carbocycles. The molecule has 1 aromatic rings. The van der Waals surface area contributed by atoms with Crippen molar-refractivity contribution >= 4 is 11.9 Å². The second kappa shape index (κ2) is 7.24. The molecule has 29 heavy (non-hydrogen) atoms. The topological polar surface area (TPSA) is 58.6 Å². The van der Waals surface area contributed by atoms with Gasteiger partial charge in [0.25, 0.3) is 0 Å². The molecule has 5 rings (SSSR count). The number of esters is 1. The Labute approximate surface area is 172 Å². The minimum absolute atomic E-state index is 0.00504. The number of hydrogen-bond acceptors (Lipinski definition) is 6. The molecule has 3 heterocycles. The lowest BCUT2D eigenvalue weighted by Crippen LogP contribution is -2.49. The largest absolute Gasteiger partial charge is 0.461 e. The second-order valence-electron chi connectivity index (χ2n) is 9.27. The van der Waals surface area contributed by atoms with Crippen molar-refractivity contribution in [3.05, 3.63) is 41.8 Å². The highest BCUT2D eigenvalue weighted by Crippen LogP contribution is 2.52. The average molecular weight is 395 g/mol. The minimum atomic E-state index is -0.0497. The number of fused-ring (bicyclic) bond motifs is 2. The summed E-state index contributed by atoms with van der Waals surface area (Å²) in [7, 11) is 0. The van der Waals surface area contributed by atoms with Gasteiger partial charge in [-0.1, -0.05) is 24.6 Å². The Hall–Kier alpha value is -2.21. The number of hydrogen-bond donors (Lipinski definition) is 0. The summed E-state index contributed by atoms with van der Waals surface area (Å²) in [6, 6.07) is 1.84. The van der Waals surface area contributed by atoms with Crippen LogP contribution in [0, 0.1) is 17.3 Å². The van der Waals surface area contributed by atoms with Crippen molar-refractivity contribution in [2.45, 2.75) is 39.2 Å². The summed E-state index contributed by atoms with van der Waals surface area (Å²) in [4.78, 5) is 26.1. The lowest BCUT2D eigenvalue weighted by Gasteiger charge is -2.43. The Morgan fingerprint density at radius 1 is 1.21 bits per heavy atom. The number of carbonyl (C=O) groups excluding carboxylic acids is 1. The minimum Gasteiger partial charge on any atom is -0.461 e. The number of piperazine rings is 1. The smallest absolute Gasteiger partial charge is 0.311 e. The zero-order valence-electron chi connectivity index (χ0n) is 17.4. The summed E-state index contributed by atoms with van der Waals surface area (Å²) in [6.07, 6.45) is 11.6. The number of allylic oxidation sites excluding steroid dienone is 3. The van der Waals surface area contributed by atoms with Gasteiger partial charge in [-0.15, -0.1) is 0 Å². The second-order valence-corrected chi connectivity index (χ2v) is 9.27. The number of aromatic nitrogens is 2. The van der Waals surface area contributed by atoms with Gasteiger partial charge in [0.15, 0.2) is 0 Å². The van der Waals surface area contributed by atoms with Crippen LogP contribution < -0.4 is 4.90 Å². The van der Waals surface area contributed by atoms with Crippen molar-refractivity contribution in [3.8, 4) is 0 Å². The molecule has 0 unspecified atom stereocenters. The first-order valence-corrected chi connectivity index (χ1v) is 10.9. The first-order chi connectivity index (χ1) is 14.0. The number of ether oxygens (including phenoxy) is 1. The van der Waals surface area contributed by atoms with E-state index in [1.165, 1.54) is 11.1 Å². The van der Waals surface area contributed by atoms with Crippen molar-refractivity contribution in [1.29, 1.82) is 0 Å². The molecule has 0 amide bonds. The van der Waals surface area contributed by atoms with Crippen molar-refractivity contribution in [2.75, 3.05) is 37.6 Å². The van der Waals surface area contributed by atoms with Gasteiger partial charge < -0.3 is 9.64 Å². The third-order valence-electron chi connectivity index (χ3n) is 7.36. The van der Waals surface area contributed by atoms with E-state index in [4.69, 9.17) is 4.74 Å². The van der Waals surface area contributed by atoms with Crippen molar-refractivity contribution in [3.63, 3.8) is 0 Å². The predicted molar refractivity (Wildman–Crippen MR) is 111 cm³/mol. The van der Waals surface area contributed by atoms with Crippen molar-refractivity contribution < 1.29 is 9.53 Å². The third-order valence-corrected chi connectivity index (χ3v) is 7.36. The predicted octanol–water partition coefficient (Wildman–Crippen LogP) is 2.83. The molecule has 2 fully saturated rings. The third kappa shape index (κ3) is 3.37. The van der Waals surface area contributed by atoms with Crippen LogP contribution in [-0.2, 0) is 9.53 Å². The van der Waals surface area contributed by atoms with Gasteiger partial charge in [-0.2, -0.15) is 0 Å². The monoisotopic (exact) mass is 394 g/mol. The first kappa shape index (κ1) is 18.8. The highest BCUT2D eigenvalue weighted by molar-refractivity contribution is 5.76. The average Bonchev–Trinajstić information content (AvgIpc) is 3.01. The Morgan fingerprint density at radius 2 is 1.97 bits per heavy atom. The van der Waals surface area contributed by atoms with E-state index in [1.54, 1.807) is 12.4 Å². The van der Waals surface area contributed by atoms with Gasteiger partial charge in [0, 0.05) is 51.0 Å². The van der Waals surface area contributed by atoms with Crippen LogP contribution in [0.15, 0.2) is 41.8 Å². The zero-order valence-corrected chi connectivity index (χ0v) is 17.4. The van der Waals surface area contributed by atoms with Gasteiger partial charge in [0.2, 0.25) is 5.95 Å². The first-order valence-electron chi connectivity index (χ1n) is 10.9. The maximum atomic E-state index is 12.8. The summed E-state index contributed by atoms with van der Waals surface area (Å²) in [6.45, 7) is 8.98. The molecule has 6 heteroatoms. The Bertz CT molecular complexity index is 844. The van der Waals surface area contributed by atoms with Crippen LogP contribution in [0.25, 0.3) is 0 Å². The Morgan fingerprint density at radius 3 is 2.72 bits per heavy atom. The van der Waals surface area contributed by atoms with E-state index >= 15 is 0 Å². The molecule has 0 saturated carbocycles. The summed E-state index contributed by atoms with van der Waals surface area (Å²) >= 11 is 0. The van der Waals surface area contributed by atoms with Crippen LogP contribution in [0.1, 0.15) is 33.1 Å². The van der Waals surface area contributed by atoms with Gasteiger partial charge in [-0.3, -0.25) is 9.69 Å². The lowest BCUT2D eigenvalue weighted by atomic mass is 9.62. The van der Waals surface area contributed by atoms with Gasteiger partial charge in [-0.05, 0) is 43.2 Å². The van der Waals surface area contributed by atoms with Gasteiger partial charge >= 0.3 is 5.97 Å². The van der Waals surface area contributed by atoms with Gasteiger partial charge in [0.05, 0.1) is 5.92 Å². The molecular formula is C23H30N4O2. The van der Waals surface area contributed by atoms with Crippen molar-refractivity contribution in [1.82, 2.24) is 14.9 Å². The maximum absolute atomic E-state index is 12.8. The van der Waals surface area contributed by atoms with E-state index in [2.05, 4.69) is 45.8 Å². The standard InChI is InChI=1S/C23H30N4O2/c1-16-5-3-6-23(2)14-20-17(13-19(16)23)18(21(28)29-20)15-26-9-11-27(12-10-26)22-24-7-4-8-25-22/h4-5,7-8,13,17-18,20H,3,6,9-12,14-15H2,1-2H3/t17-,18-,20+,23-/m0/s1. The molecule has 6 nitrogen and oxygen atoms in total. The van der Waals surface area contributed by atoms with Gasteiger partial charge in [0.1, 0.15) is 6.10 Å². The van der Waals surface area contributed by atoms with Gasteiger partial charge in [-0.25, -0.2) is 9.97 Å². The molecule has 0 N–H and O–H groups in total. The van der Waals surface area contributed by atoms with Crippen LogP contribution in [0.3, 0.4) is 0 Å². The molecule has 2 aliphatic heterocycles. The van der Waals surface area contributed by atoms with Crippen LogP contribution >= 0.6 is 0 Å². The number of anilines is 1. The maximum Gasteiger partial charge on any atom is 0.311 e. The normalized spacial score (nSPS) is 34.8. The highest BCUT2D eigenvalue weighted by Gasteiger charge is 2.51. The summed E-state index contributed by atoms with van der Waals surface area (Å²) in [5.74, 6) is 0.951. The fourth-order valence-electron chi connectivity index (χ4n) is 5.70. The zero-order chi connectivity index (χ0) is 20.0. The van der Waals surface area contributed by atoms with E-state index in [0.717, 1.165) is 57.9 Å². The molecule has 1 aromatic heterocycles. The molecule has 154 valence electrons. The van der Waals surface area contributed by atoms with E-state index < -0.39 is 0 Å². The summed E-state index contributed by atoms with van der Waals surface area (Å²) in [5, 5.41) is 0. The molecule has 0 spiro atoms. The summed E-state index contributed by atoms with van der Waals surface area (Å²) in [5.41, 5.74) is 3.02. The van der Waals surface area contributed by atoms with E-state index in [1.807, 2.05) is 6.07 Å². The quantitative estimate of drug-likeness (QED) is 0.735.